The zero-order valence-corrected chi connectivity index (χ0v) is 10.2. The summed E-state index contributed by atoms with van der Waals surface area (Å²) in [7, 11) is 0. The van der Waals surface area contributed by atoms with Gasteiger partial charge in [-0.05, 0) is 18.6 Å². The fraction of sp³-hybridized carbons (Fsp3) is 0.417. The number of hydrogen-bond donors (Lipinski definition) is 1. The van der Waals surface area contributed by atoms with E-state index in [1.807, 2.05) is 32.9 Å². The van der Waals surface area contributed by atoms with Crippen molar-refractivity contribution in [2.45, 2.75) is 32.7 Å². The van der Waals surface area contributed by atoms with Gasteiger partial charge in [-0.1, -0.05) is 25.1 Å². The molecule has 90 valence electrons. The second kappa shape index (κ2) is 4.63. The van der Waals surface area contributed by atoms with E-state index >= 15 is 0 Å². The Kier molecular flexibility index (Phi) is 3.19. The number of hydrogen-bond acceptors (Lipinski definition) is 5. The molecule has 0 aromatic carbocycles. The zero-order chi connectivity index (χ0) is 12.4. The van der Waals surface area contributed by atoms with E-state index in [4.69, 9.17) is 10.3 Å². The van der Waals surface area contributed by atoms with Crippen LogP contribution in [-0.4, -0.2) is 15.1 Å². The molecule has 5 nitrogen and oxygen atoms in total. The predicted octanol–water partition coefficient (Wildman–Crippen LogP) is 1.94. The number of pyridine rings is 1. The minimum atomic E-state index is -0.389. The molecule has 0 aliphatic carbocycles. The lowest BCUT2D eigenvalue weighted by atomic mass is 10.1. The average Bonchev–Trinajstić information content (AvgIpc) is 2.78. The van der Waals surface area contributed by atoms with Crippen molar-refractivity contribution in [2.24, 2.45) is 5.73 Å². The topological polar surface area (TPSA) is 77.8 Å². The Morgan fingerprint density at radius 3 is 2.59 bits per heavy atom. The molecule has 2 heterocycles. The van der Waals surface area contributed by atoms with Gasteiger partial charge in [-0.2, -0.15) is 4.98 Å². The number of nitrogens with two attached hydrogens (primary N) is 1. The van der Waals surface area contributed by atoms with Crippen LogP contribution in [0.5, 0.6) is 0 Å². The standard InChI is InChI=1S/C12H16N4O/c1-7(2)12-15-11(16-17-12)10(13)9-5-4-8(3)14-6-9/h4-7,10H,13H2,1-3H3. The first-order valence-corrected chi connectivity index (χ1v) is 5.59. The Morgan fingerprint density at radius 1 is 1.29 bits per heavy atom. The quantitative estimate of drug-likeness (QED) is 0.875. The normalized spacial score (nSPS) is 13.0. The molecule has 5 heteroatoms. The molecule has 0 saturated carbocycles. The molecular formula is C12H16N4O. The maximum atomic E-state index is 6.05. The first kappa shape index (κ1) is 11.7. The molecule has 0 aliphatic heterocycles. The van der Waals surface area contributed by atoms with Crippen LogP contribution in [0.4, 0.5) is 0 Å². The molecule has 1 unspecified atom stereocenters. The van der Waals surface area contributed by atoms with Gasteiger partial charge >= 0.3 is 0 Å². The Balaban J connectivity index is 2.24. The van der Waals surface area contributed by atoms with Crippen LogP contribution in [0.3, 0.4) is 0 Å². The van der Waals surface area contributed by atoms with Crippen molar-refractivity contribution in [1.29, 1.82) is 0 Å². The van der Waals surface area contributed by atoms with Crippen molar-refractivity contribution in [3.63, 3.8) is 0 Å². The van der Waals surface area contributed by atoms with E-state index in [0.717, 1.165) is 11.3 Å². The molecule has 1 atom stereocenters. The van der Waals surface area contributed by atoms with Gasteiger partial charge < -0.3 is 10.3 Å². The van der Waals surface area contributed by atoms with Crippen LogP contribution in [0.15, 0.2) is 22.9 Å². The van der Waals surface area contributed by atoms with Gasteiger partial charge in [0.05, 0.1) is 6.04 Å². The maximum absolute atomic E-state index is 6.05. The van der Waals surface area contributed by atoms with Crippen molar-refractivity contribution in [1.82, 2.24) is 15.1 Å². The molecule has 0 radical (unpaired) electrons. The van der Waals surface area contributed by atoms with Crippen LogP contribution < -0.4 is 5.73 Å². The summed E-state index contributed by atoms with van der Waals surface area (Å²) in [5.74, 6) is 1.31. The van der Waals surface area contributed by atoms with Crippen molar-refractivity contribution < 1.29 is 4.52 Å². The second-order valence-corrected chi connectivity index (χ2v) is 4.36. The van der Waals surface area contributed by atoms with E-state index in [1.165, 1.54) is 0 Å². The third-order valence-electron chi connectivity index (χ3n) is 2.52. The summed E-state index contributed by atoms with van der Waals surface area (Å²) < 4.78 is 5.13. The van der Waals surface area contributed by atoms with E-state index in [2.05, 4.69) is 15.1 Å². The fourth-order valence-corrected chi connectivity index (χ4v) is 1.42. The third-order valence-corrected chi connectivity index (χ3v) is 2.52. The van der Waals surface area contributed by atoms with Gasteiger partial charge in [0, 0.05) is 17.8 Å². The molecule has 0 fully saturated rings. The van der Waals surface area contributed by atoms with E-state index in [0.29, 0.717) is 11.7 Å². The SMILES string of the molecule is Cc1ccc(C(N)c2noc(C(C)C)n2)cn1. The summed E-state index contributed by atoms with van der Waals surface area (Å²) in [4.78, 5) is 8.48. The van der Waals surface area contributed by atoms with Crippen LogP contribution in [0, 0.1) is 6.92 Å². The highest BCUT2D eigenvalue weighted by atomic mass is 16.5. The van der Waals surface area contributed by atoms with Crippen molar-refractivity contribution in [3.05, 3.63) is 41.3 Å². The Bertz CT molecular complexity index is 489. The minimum Gasteiger partial charge on any atom is -0.339 e. The van der Waals surface area contributed by atoms with Crippen LogP contribution in [0.1, 0.15) is 48.8 Å². The molecule has 2 aromatic rings. The molecule has 2 rings (SSSR count). The summed E-state index contributed by atoms with van der Waals surface area (Å²) in [6.07, 6.45) is 1.74. The summed E-state index contributed by atoms with van der Waals surface area (Å²) in [5.41, 5.74) is 7.89. The van der Waals surface area contributed by atoms with Gasteiger partial charge in [0.15, 0.2) is 5.82 Å². The Labute approximate surface area is 100 Å². The number of aromatic nitrogens is 3. The lowest BCUT2D eigenvalue weighted by Gasteiger charge is -2.06. The predicted molar refractivity (Wildman–Crippen MR) is 63.4 cm³/mol. The minimum absolute atomic E-state index is 0.208. The molecule has 2 N–H and O–H groups in total. The van der Waals surface area contributed by atoms with Crippen molar-refractivity contribution in [2.75, 3.05) is 0 Å². The Hall–Kier alpha value is -1.75. The van der Waals surface area contributed by atoms with Crippen molar-refractivity contribution >= 4 is 0 Å². The highest BCUT2D eigenvalue weighted by Gasteiger charge is 2.17. The highest BCUT2D eigenvalue weighted by molar-refractivity contribution is 5.22. The van der Waals surface area contributed by atoms with Gasteiger partial charge in [-0.25, -0.2) is 0 Å². The summed E-state index contributed by atoms with van der Waals surface area (Å²) in [5, 5.41) is 3.90. The Morgan fingerprint density at radius 2 is 2.06 bits per heavy atom. The highest BCUT2D eigenvalue weighted by Crippen LogP contribution is 2.19. The molecule has 0 aliphatic rings. The van der Waals surface area contributed by atoms with E-state index in [-0.39, 0.29) is 12.0 Å². The number of nitrogens with zero attached hydrogens (tertiary/aromatic N) is 3. The summed E-state index contributed by atoms with van der Waals surface area (Å²) in [6, 6.07) is 3.45. The van der Waals surface area contributed by atoms with Gasteiger partial charge in [-0.3, -0.25) is 4.98 Å². The van der Waals surface area contributed by atoms with Gasteiger partial charge in [0.1, 0.15) is 0 Å². The maximum Gasteiger partial charge on any atom is 0.229 e. The molecule has 0 amide bonds. The van der Waals surface area contributed by atoms with Crippen LogP contribution in [0.25, 0.3) is 0 Å². The van der Waals surface area contributed by atoms with Crippen LogP contribution in [0.2, 0.25) is 0 Å². The average molecular weight is 232 g/mol. The number of rotatable bonds is 3. The van der Waals surface area contributed by atoms with Gasteiger partial charge in [-0.15, -0.1) is 0 Å². The first-order valence-electron chi connectivity index (χ1n) is 5.59. The largest absolute Gasteiger partial charge is 0.339 e. The van der Waals surface area contributed by atoms with E-state index in [1.54, 1.807) is 6.20 Å². The lowest BCUT2D eigenvalue weighted by Crippen LogP contribution is -2.14. The summed E-state index contributed by atoms with van der Waals surface area (Å²) >= 11 is 0. The van der Waals surface area contributed by atoms with E-state index in [9.17, 15) is 0 Å². The monoisotopic (exact) mass is 232 g/mol. The summed E-state index contributed by atoms with van der Waals surface area (Å²) in [6.45, 7) is 5.92. The molecule has 17 heavy (non-hydrogen) atoms. The molecular weight excluding hydrogens is 216 g/mol. The van der Waals surface area contributed by atoms with Crippen LogP contribution in [-0.2, 0) is 0 Å². The van der Waals surface area contributed by atoms with E-state index < -0.39 is 0 Å². The number of aryl methyl sites for hydroxylation is 1. The fourth-order valence-electron chi connectivity index (χ4n) is 1.42. The van der Waals surface area contributed by atoms with Gasteiger partial charge in [0.2, 0.25) is 5.89 Å². The zero-order valence-electron chi connectivity index (χ0n) is 10.2. The van der Waals surface area contributed by atoms with Gasteiger partial charge in [0.25, 0.3) is 0 Å². The molecule has 0 bridgehead atoms. The smallest absolute Gasteiger partial charge is 0.229 e. The molecule has 0 saturated heterocycles. The van der Waals surface area contributed by atoms with Crippen molar-refractivity contribution in [3.8, 4) is 0 Å². The van der Waals surface area contributed by atoms with Crippen LogP contribution >= 0.6 is 0 Å². The lowest BCUT2D eigenvalue weighted by molar-refractivity contribution is 0.359. The molecule has 2 aromatic heterocycles. The first-order chi connectivity index (χ1) is 8.08. The third kappa shape index (κ3) is 2.50. The second-order valence-electron chi connectivity index (χ2n) is 4.36. The molecule has 0 spiro atoms.